The van der Waals surface area contributed by atoms with E-state index in [9.17, 15) is 9.18 Å². The molecule has 0 saturated carbocycles. The first kappa shape index (κ1) is 21.6. The van der Waals surface area contributed by atoms with Crippen LogP contribution in [0.2, 0.25) is 0 Å². The van der Waals surface area contributed by atoms with Crippen molar-refractivity contribution in [1.29, 1.82) is 0 Å². The van der Waals surface area contributed by atoms with Crippen LogP contribution < -0.4 is 15.5 Å². The van der Waals surface area contributed by atoms with E-state index in [2.05, 4.69) is 27.8 Å². The third kappa shape index (κ3) is 5.56. The number of aromatic nitrogens is 2. The number of benzene rings is 1. The van der Waals surface area contributed by atoms with Crippen LogP contribution in [0.1, 0.15) is 29.3 Å². The predicted molar refractivity (Wildman–Crippen MR) is 124 cm³/mol. The van der Waals surface area contributed by atoms with Crippen LogP contribution in [0.4, 0.5) is 15.9 Å². The molecule has 1 aliphatic heterocycles. The minimum absolute atomic E-state index is 0.0320. The molecular formula is C25H26FN5O. The largest absolute Gasteiger partial charge is 0.368 e. The number of carbonyl (C=O) groups excluding carboxylic acids is 1. The first-order chi connectivity index (χ1) is 15.7. The fourth-order valence-corrected chi connectivity index (χ4v) is 3.71. The van der Waals surface area contributed by atoms with E-state index in [1.165, 1.54) is 12.1 Å². The first-order valence-corrected chi connectivity index (χ1v) is 10.7. The number of nitrogens with zero attached hydrogens (tertiary/aromatic N) is 3. The lowest BCUT2D eigenvalue weighted by atomic mass is 10.1. The molecule has 32 heavy (non-hydrogen) atoms. The first-order valence-electron chi connectivity index (χ1n) is 10.7. The van der Waals surface area contributed by atoms with E-state index < -0.39 is 0 Å². The van der Waals surface area contributed by atoms with Crippen molar-refractivity contribution in [1.82, 2.24) is 15.3 Å². The molecule has 1 aromatic carbocycles. The van der Waals surface area contributed by atoms with Crippen LogP contribution in [0.15, 0.2) is 73.1 Å². The van der Waals surface area contributed by atoms with Gasteiger partial charge in [-0.15, -0.1) is 0 Å². The lowest BCUT2D eigenvalue weighted by molar-refractivity contribution is -0.107. The van der Waals surface area contributed by atoms with Crippen LogP contribution in [0.5, 0.6) is 0 Å². The fraction of sp³-hybridized carbons (Fsp3) is 0.240. The van der Waals surface area contributed by atoms with Gasteiger partial charge >= 0.3 is 0 Å². The number of rotatable bonds is 9. The number of hydrogen-bond acceptors (Lipinski definition) is 5. The van der Waals surface area contributed by atoms with E-state index in [0.717, 1.165) is 36.2 Å². The van der Waals surface area contributed by atoms with Crippen LogP contribution in [-0.2, 0) is 17.8 Å². The zero-order valence-corrected chi connectivity index (χ0v) is 17.7. The molecule has 164 valence electrons. The van der Waals surface area contributed by atoms with Crippen LogP contribution in [0, 0.1) is 5.82 Å². The summed E-state index contributed by atoms with van der Waals surface area (Å²) in [5.74, 6) is 0.373. The topological polar surface area (TPSA) is 70.2 Å². The van der Waals surface area contributed by atoms with Crippen molar-refractivity contribution >= 4 is 17.9 Å². The molecule has 6 nitrogen and oxygen atoms in total. The monoisotopic (exact) mass is 431 g/mol. The minimum Gasteiger partial charge on any atom is -0.368 e. The molecule has 1 unspecified atom stereocenters. The zero-order chi connectivity index (χ0) is 22.2. The van der Waals surface area contributed by atoms with Crippen LogP contribution in [-0.4, -0.2) is 29.5 Å². The summed E-state index contributed by atoms with van der Waals surface area (Å²) < 4.78 is 13.5. The second-order valence-electron chi connectivity index (χ2n) is 7.65. The standard InChI is InChI=1S/C25H26FN5O/c26-21-7-3-5-19(15-21)11-14-29-25-24(31(18-32)17-20-6-4-12-27-16-20)10-9-23(30-25)22-8-1-2-13-28-22/h1,3-10,12,15-16,18,22,28H,2,11,13-14,17H2,(H,29,30). The fourth-order valence-electron chi connectivity index (χ4n) is 3.71. The van der Waals surface area contributed by atoms with E-state index in [1.54, 1.807) is 23.4 Å². The van der Waals surface area contributed by atoms with E-state index in [0.29, 0.717) is 31.0 Å². The summed E-state index contributed by atoms with van der Waals surface area (Å²) in [7, 11) is 0. The zero-order valence-electron chi connectivity index (χ0n) is 17.7. The molecule has 2 aromatic heterocycles. The lowest BCUT2D eigenvalue weighted by Gasteiger charge is -2.24. The third-order valence-corrected chi connectivity index (χ3v) is 5.33. The number of amides is 1. The Balaban J connectivity index is 1.57. The van der Waals surface area contributed by atoms with Gasteiger partial charge < -0.3 is 15.5 Å². The number of pyridine rings is 2. The molecule has 0 saturated heterocycles. The molecule has 3 aromatic rings. The van der Waals surface area contributed by atoms with Crippen molar-refractivity contribution < 1.29 is 9.18 Å². The molecule has 3 heterocycles. The highest BCUT2D eigenvalue weighted by Crippen LogP contribution is 2.28. The predicted octanol–water partition coefficient (Wildman–Crippen LogP) is 4.02. The van der Waals surface area contributed by atoms with Gasteiger partial charge in [-0.25, -0.2) is 9.37 Å². The summed E-state index contributed by atoms with van der Waals surface area (Å²) >= 11 is 0. The summed E-state index contributed by atoms with van der Waals surface area (Å²) in [5.41, 5.74) is 3.39. The van der Waals surface area contributed by atoms with Gasteiger partial charge in [0.2, 0.25) is 6.41 Å². The van der Waals surface area contributed by atoms with Crippen LogP contribution in [0.3, 0.4) is 0 Å². The summed E-state index contributed by atoms with van der Waals surface area (Å²) in [4.78, 5) is 22.6. The maximum absolute atomic E-state index is 13.5. The Morgan fingerprint density at radius 1 is 1.19 bits per heavy atom. The average molecular weight is 432 g/mol. The maximum atomic E-state index is 13.5. The van der Waals surface area contributed by atoms with Crippen molar-refractivity contribution in [2.45, 2.75) is 25.4 Å². The number of carbonyl (C=O) groups is 1. The normalized spacial score (nSPS) is 15.3. The SMILES string of the molecule is O=CN(Cc1cccnc1)c1ccc(C2C=CCCN2)nc1NCCc1cccc(F)c1. The summed E-state index contributed by atoms with van der Waals surface area (Å²) in [6, 6.07) is 14.2. The van der Waals surface area contributed by atoms with Crippen molar-refractivity contribution in [3.05, 3.63) is 95.7 Å². The van der Waals surface area contributed by atoms with E-state index in [4.69, 9.17) is 4.98 Å². The second kappa shape index (κ2) is 10.6. The number of anilines is 2. The van der Waals surface area contributed by atoms with Crippen molar-refractivity contribution in [3.63, 3.8) is 0 Å². The highest BCUT2D eigenvalue weighted by molar-refractivity contribution is 5.82. The molecule has 4 rings (SSSR count). The number of nitrogens with one attached hydrogen (secondary N) is 2. The smallest absolute Gasteiger partial charge is 0.214 e. The van der Waals surface area contributed by atoms with E-state index >= 15 is 0 Å². The Labute approximate surface area is 187 Å². The van der Waals surface area contributed by atoms with Gasteiger partial charge in [-0.3, -0.25) is 9.78 Å². The molecule has 0 spiro atoms. The average Bonchev–Trinajstić information content (AvgIpc) is 2.84. The lowest BCUT2D eigenvalue weighted by Crippen LogP contribution is -2.26. The van der Waals surface area contributed by atoms with Gasteiger partial charge in [-0.05, 0) is 60.8 Å². The Kier molecular flexibility index (Phi) is 7.19. The molecule has 0 aliphatic carbocycles. The molecule has 0 bridgehead atoms. The number of halogens is 1. The number of hydrogen-bond donors (Lipinski definition) is 2. The molecule has 1 amide bonds. The summed E-state index contributed by atoms with van der Waals surface area (Å²) in [6.07, 6.45) is 10.1. The van der Waals surface area contributed by atoms with Gasteiger partial charge in [0.1, 0.15) is 11.6 Å². The Hall–Kier alpha value is -3.58. The highest BCUT2D eigenvalue weighted by Gasteiger charge is 2.17. The van der Waals surface area contributed by atoms with Gasteiger partial charge in [0, 0.05) is 18.9 Å². The Morgan fingerprint density at radius 2 is 2.09 bits per heavy atom. The van der Waals surface area contributed by atoms with E-state index in [1.807, 2.05) is 30.3 Å². The summed E-state index contributed by atoms with van der Waals surface area (Å²) in [6.45, 7) is 1.84. The Bertz CT molecular complexity index is 1070. The molecule has 1 atom stereocenters. The second-order valence-corrected chi connectivity index (χ2v) is 7.65. The van der Waals surface area contributed by atoms with E-state index in [-0.39, 0.29) is 11.9 Å². The van der Waals surface area contributed by atoms with Crippen molar-refractivity contribution in [2.24, 2.45) is 0 Å². The molecule has 2 N–H and O–H groups in total. The molecular weight excluding hydrogens is 405 g/mol. The molecule has 0 radical (unpaired) electrons. The maximum Gasteiger partial charge on any atom is 0.214 e. The Morgan fingerprint density at radius 3 is 2.84 bits per heavy atom. The van der Waals surface area contributed by atoms with Gasteiger partial charge in [-0.2, -0.15) is 0 Å². The van der Waals surface area contributed by atoms with Gasteiger partial charge in [0.05, 0.1) is 24.0 Å². The van der Waals surface area contributed by atoms with Crippen molar-refractivity contribution in [3.8, 4) is 0 Å². The van der Waals surface area contributed by atoms with Crippen LogP contribution in [0.25, 0.3) is 0 Å². The minimum atomic E-state index is -0.248. The quantitative estimate of drug-likeness (QED) is 0.396. The van der Waals surface area contributed by atoms with Gasteiger partial charge in [0.25, 0.3) is 0 Å². The molecule has 0 fully saturated rings. The van der Waals surface area contributed by atoms with Crippen molar-refractivity contribution in [2.75, 3.05) is 23.3 Å². The van der Waals surface area contributed by atoms with Crippen LogP contribution >= 0.6 is 0 Å². The third-order valence-electron chi connectivity index (χ3n) is 5.33. The molecule has 7 heteroatoms. The summed E-state index contributed by atoms with van der Waals surface area (Å²) in [5, 5.41) is 6.80. The van der Waals surface area contributed by atoms with Gasteiger partial charge in [-0.1, -0.05) is 30.4 Å². The highest BCUT2D eigenvalue weighted by atomic mass is 19.1. The molecule has 1 aliphatic rings. The van der Waals surface area contributed by atoms with Gasteiger partial charge in [0.15, 0.2) is 0 Å².